The summed E-state index contributed by atoms with van der Waals surface area (Å²) >= 11 is 0. The van der Waals surface area contributed by atoms with Gasteiger partial charge in [0.1, 0.15) is 17.3 Å². The molecule has 0 bridgehead atoms. The van der Waals surface area contributed by atoms with E-state index in [-0.39, 0.29) is 11.9 Å². The zero-order valence-corrected chi connectivity index (χ0v) is 19.1. The largest absolute Gasteiger partial charge is 0.497 e. The second kappa shape index (κ2) is 8.62. The van der Waals surface area contributed by atoms with Crippen molar-refractivity contribution in [3.63, 3.8) is 0 Å². The molecule has 1 amide bonds. The number of anilines is 1. The van der Waals surface area contributed by atoms with Crippen molar-refractivity contribution in [2.24, 2.45) is 0 Å². The number of rotatable bonds is 5. The van der Waals surface area contributed by atoms with Gasteiger partial charge in [0, 0.05) is 31.9 Å². The summed E-state index contributed by atoms with van der Waals surface area (Å²) < 4.78 is 11.4. The molecule has 0 N–H and O–H groups in total. The topological polar surface area (TPSA) is 58.8 Å². The normalized spacial score (nSPS) is 15.7. The minimum absolute atomic E-state index is 0.0275. The van der Waals surface area contributed by atoms with Crippen molar-refractivity contribution in [2.45, 2.75) is 18.9 Å². The average molecular weight is 442 g/mol. The van der Waals surface area contributed by atoms with Gasteiger partial charge in [-0.15, -0.1) is 0 Å². The standard InChI is InChI=1S/C27H27N3O3/c1-29(2)21-12-9-18(10-13-21)19-11-14-25-23(17-19)28-26(33-25)24-8-5-15-30(24)27(31)20-6-4-7-22(16-20)32-3/h4,6-7,9-14,16-17,24H,5,8,15H2,1-3H3/t24-/m1/s1. The predicted octanol–water partition coefficient (Wildman–Crippen LogP) is 5.55. The smallest absolute Gasteiger partial charge is 0.254 e. The van der Waals surface area contributed by atoms with Gasteiger partial charge in [-0.3, -0.25) is 4.79 Å². The first-order chi connectivity index (χ1) is 16.0. The van der Waals surface area contributed by atoms with E-state index in [1.54, 1.807) is 13.2 Å². The molecular formula is C27H27N3O3. The second-order valence-electron chi connectivity index (χ2n) is 8.56. The molecule has 6 nitrogen and oxygen atoms in total. The Kier molecular flexibility index (Phi) is 5.50. The fourth-order valence-electron chi connectivity index (χ4n) is 4.41. The molecule has 4 aromatic rings. The van der Waals surface area contributed by atoms with Crippen molar-refractivity contribution in [3.05, 3.63) is 78.2 Å². The highest BCUT2D eigenvalue weighted by Crippen LogP contribution is 2.35. The first kappa shape index (κ1) is 21.1. The van der Waals surface area contributed by atoms with E-state index in [1.807, 2.05) is 43.3 Å². The molecule has 6 heteroatoms. The number of amides is 1. The lowest BCUT2D eigenvalue weighted by Gasteiger charge is -2.22. The van der Waals surface area contributed by atoms with E-state index in [2.05, 4.69) is 41.3 Å². The van der Waals surface area contributed by atoms with Gasteiger partial charge < -0.3 is 19.0 Å². The van der Waals surface area contributed by atoms with E-state index in [0.717, 1.165) is 40.8 Å². The number of benzene rings is 3. The highest BCUT2D eigenvalue weighted by molar-refractivity contribution is 5.95. The maximum absolute atomic E-state index is 13.2. The lowest BCUT2D eigenvalue weighted by atomic mass is 10.0. The number of ether oxygens (including phenoxy) is 1. The number of carbonyl (C=O) groups is 1. The highest BCUT2D eigenvalue weighted by Gasteiger charge is 2.34. The summed E-state index contributed by atoms with van der Waals surface area (Å²) in [5.74, 6) is 1.24. The SMILES string of the molecule is COc1cccc(C(=O)N2CCC[C@@H]2c2nc3cc(-c4ccc(N(C)C)cc4)ccc3o2)c1. The minimum Gasteiger partial charge on any atom is -0.497 e. The Balaban J connectivity index is 1.42. The second-order valence-corrected chi connectivity index (χ2v) is 8.56. The first-order valence-corrected chi connectivity index (χ1v) is 11.2. The summed E-state index contributed by atoms with van der Waals surface area (Å²) in [7, 11) is 5.66. The molecule has 1 fully saturated rings. The number of hydrogen-bond acceptors (Lipinski definition) is 5. The van der Waals surface area contributed by atoms with Crippen LogP contribution in [-0.4, -0.2) is 43.5 Å². The summed E-state index contributed by atoms with van der Waals surface area (Å²) in [5.41, 5.74) is 5.52. The fourth-order valence-corrected chi connectivity index (χ4v) is 4.41. The maximum Gasteiger partial charge on any atom is 0.254 e. The van der Waals surface area contributed by atoms with E-state index >= 15 is 0 Å². The van der Waals surface area contributed by atoms with Crippen LogP contribution in [0.3, 0.4) is 0 Å². The van der Waals surface area contributed by atoms with E-state index < -0.39 is 0 Å². The summed E-state index contributed by atoms with van der Waals surface area (Å²) in [6.07, 6.45) is 1.75. The van der Waals surface area contributed by atoms with Crippen LogP contribution < -0.4 is 9.64 Å². The van der Waals surface area contributed by atoms with Crippen LogP contribution in [0.5, 0.6) is 5.75 Å². The summed E-state index contributed by atoms with van der Waals surface area (Å²) in [6, 6.07) is 21.6. The van der Waals surface area contributed by atoms with Crippen LogP contribution in [0.2, 0.25) is 0 Å². The zero-order valence-electron chi connectivity index (χ0n) is 19.1. The van der Waals surface area contributed by atoms with E-state index in [9.17, 15) is 4.79 Å². The molecule has 1 aliphatic heterocycles. The van der Waals surface area contributed by atoms with Crippen molar-refractivity contribution in [1.82, 2.24) is 9.88 Å². The van der Waals surface area contributed by atoms with Crippen LogP contribution in [0.1, 0.15) is 35.1 Å². The van der Waals surface area contributed by atoms with Gasteiger partial charge >= 0.3 is 0 Å². The Hall–Kier alpha value is -3.80. The molecule has 1 aromatic heterocycles. The summed E-state index contributed by atoms with van der Waals surface area (Å²) in [6.45, 7) is 0.683. The number of fused-ring (bicyclic) bond motifs is 1. The van der Waals surface area contributed by atoms with Gasteiger partial charge in [-0.05, 0) is 66.4 Å². The molecule has 2 heterocycles. The number of carbonyl (C=O) groups excluding carboxylic acids is 1. The van der Waals surface area contributed by atoms with Crippen molar-refractivity contribution >= 4 is 22.7 Å². The number of hydrogen-bond donors (Lipinski definition) is 0. The number of oxazole rings is 1. The first-order valence-electron chi connectivity index (χ1n) is 11.2. The summed E-state index contributed by atoms with van der Waals surface area (Å²) in [4.78, 5) is 22.0. The van der Waals surface area contributed by atoms with E-state index in [4.69, 9.17) is 14.1 Å². The van der Waals surface area contributed by atoms with Crippen molar-refractivity contribution in [3.8, 4) is 16.9 Å². The van der Waals surface area contributed by atoms with Gasteiger partial charge in [-0.25, -0.2) is 4.98 Å². The third-order valence-corrected chi connectivity index (χ3v) is 6.24. The Labute approximate surface area is 193 Å². The fraction of sp³-hybridized carbons (Fsp3) is 0.259. The zero-order chi connectivity index (χ0) is 22.9. The molecule has 0 unspecified atom stereocenters. The van der Waals surface area contributed by atoms with Crippen LogP contribution in [0.4, 0.5) is 5.69 Å². The minimum atomic E-state index is -0.168. The molecule has 33 heavy (non-hydrogen) atoms. The molecule has 0 saturated carbocycles. The van der Waals surface area contributed by atoms with Crippen molar-refractivity contribution < 1.29 is 13.9 Å². The van der Waals surface area contributed by atoms with Crippen LogP contribution >= 0.6 is 0 Å². The molecule has 3 aromatic carbocycles. The molecule has 1 aliphatic rings. The Morgan fingerprint density at radius 2 is 1.85 bits per heavy atom. The Morgan fingerprint density at radius 1 is 1.06 bits per heavy atom. The third kappa shape index (κ3) is 4.04. The number of methoxy groups -OCH3 is 1. The van der Waals surface area contributed by atoms with Gasteiger partial charge in [-0.2, -0.15) is 0 Å². The van der Waals surface area contributed by atoms with Gasteiger partial charge in [-0.1, -0.05) is 24.3 Å². The summed E-state index contributed by atoms with van der Waals surface area (Å²) in [5, 5.41) is 0. The average Bonchev–Trinajstić information content (AvgIpc) is 3.50. The molecule has 0 aliphatic carbocycles. The van der Waals surface area contributed by atoms with Gasteiger partial charge in [0.15, 0.2) is 5.58 Å². The van der Waals surface area contributed by atoms with Crippen LogP contribution in [0, 0.1) is 0 Å². The molecule has 1 atom stereocenters. The molecule has 168 valence electrons. The highest BCUT2D eigenvalue weighted by atomic mass is 16.5. The third-order valence-electron chi connectivity index (χ3n) is 6.24. The lowest BCUT2D eigenvalue weighted by molar-refractivity contribution is 0.0716. The van der Waals surface area contributed by atoms with Crippen molar-refractivity contribution in [2.75, 3.05) is 32.6 Å². The lowest BCUT2D eigenvalue weighted by Crippen LogP contribution is -2.30. The Bertz CT molecular complexity index is 1290. The molecular weight excluding hydrogens is 414 g/mol. The quantitative estimate of drug-likeness (QED) is 0.407. The molecule has 0 radical (unpaired) electrons. The van der Waals surface area contributed by atoms with E-state index in [0.29, 0.717) is 23.7 Å². The van der Waals surface area contributed by atoms with Gasteiger partial charge in [0.2, 0.25) is 5.89 Å². The molecule has 1 saturated heterocycles. The van der Waals surface area contributed by atoms with E-state index in [1.165, 1.54) is 0 Å². The van der Waals surface area contributed by atoms with Crippen LogP contribution in [-0.2, 0) is 0 Å². The number of aromatic nitrogens is 1. The molecule has 5 rings (SSSR count). The predicted molar refractivity (Wildman–Crippen MR) is 130 cm³/mol. The van der Waals surface area contributed by atoms with Gasteiger partial charge in [0.25, 0.3) is 5.91 Å². The number of nitrogens with zero attached hydrogens (tertiary/aromatic N) is 3. The molecule has 0 spiro atoms. The number of likely N-dealkylation sites (tertiary alicyclic amines) is 1. The van der Waals surface area contributed by atoms with Crippen LogP contribution in [0.25, 0.3) is 22.2 Å². The van der Waals surface area contributed by atoms with Crippen LogP contribution in [0.15, 0.2) is 71.1 Å². The Morgan fingerprint density at radius 3 is 2.61 bits per heavy atom. The van der Waals surface area contributed by atoms with Crippen molar-refractivity contribution in [1.29, 1.82) is 0 Å². The van der Waals surface area contributed by atoms with Gasteiger partial charge in [0.05, 0.1) is 7.11 Å². The monoisotopic (exact) mass is 441 g/mol. The maximum atomic E-state index is 13.2.